The van der Waals surface area contributed by atoms with Crippen molar-refractivity contribution < 1.29 is 19.1 Å². The topological polar surface area (TPSA) is 94.0 Å². The van der Waals surface area contributed by atoms with Crippen molar-refractivity contribution >= 4 is 22.7 Å². The van der Waals surface area contributed by atoms with Crippen LogP contribution in [0, 0.1) is 0 Å². The number of carbonyl (C=O) groups is 2. The Labute approximate surface area is 244 Å². The van der Waals surface area contributed by atoms with Crippen LogP contribution >= 0.6 is 0 Å². The highest BCUT2D eigenvalue weighted by Gasteiger charge is 2.35. The van der Waals surface area contributed by atoms with E-state index in [-0.39, 0.29) is 30.3 Å². The molecule has 0 radical (unpaired) electrons. The summed E-state index contributed by atoms with van der Waals surface area (Å²) in [6.45, 7) is 4.27. The van der Waals surface area contributed by atoms with Gasteiger partial charge in [-0.2, -0.15) is 0 Å². The van der Waals surface area contributed by atoms with E-state index in [2.05, 4.69) is 4.90 Å². The molecule has 42 heavy (non-hydrogen) atoms. The third-order valence-corrected chi connectivity index (χ3v) is 8.09. The molecule has 6 rings (SSSR count). The van der Waals surface area contributed by atoms with Crippen LogP contribution in [-0.2, 0) is 19.4 Å². The Hall–Kier alpha value is -4.50. The average Bonchev–Trinajstić information content (AvgIpc) is 3.62. The summed E-state index contributed by atoms with van der Waals surface area (Å²) in [6.07, 6.45) is 3.32. The van der Waals surface area contributed by atoms with Gasteiger partial charge in [0.2, 0.25) is 0 Å². The molecule has 9 nitrogen and oxygen atoms in total. The summed E-state index contributed by atoms with van der Waals surface area (Å²) in [6, 6.07) is 19.9. The lowest BCUT2D eigenvalue weighted by atomic mass is 10.1. The Bertz CT molecular complexity index is 1660. The molecular weight excluding hydrogens is 532 g/mol. The Kier molecular flexibility index (Phi) is 8.01. The molecule has 0 N–H and O–H groups in total. The van der Waals surface area contributed by atoms with E-state index >= 15 is 0 Å². The number of fused-ring (bicyclic) bond motifs is 2. The summed E-state index contributed by atoms with van der Waals surface area (Å²) in [7, 11) is 1.63. The maximum atomic E-state index is 13.6. The van der Waals surface area contributed by atoms with Crippen molar-refractivity contribution in [3.8, 4) is 11.5 Å². The van der Waals surface area contributed by atoms with E-state index in [1.807, 2.05) is 30.3 Å². The molecule has 1 fully saturated rings. The highest BCUT2D eigenvalue weighted by atomic mass is 16.5. The fraction of sp³-hybridized carbons (Fsp3) is 0.333. The van der Waals surface area contributed by atoms with E-state index in [0.717, 1.165) is 25.2 Å². The monoisotopic (exact) mass is 566 g/mol. The van der Waals surface area contributed by atoms with Crippen LogP contribution in [0.2, 0.25) is 0 Å². The number of nitrogens with zero attached hydrogens (tertiary/aromatic N) is 4. The molecule has 3 aromatic carbocycles. The summed E-state index contributed by atoms with van der Waals surface area (Å²) >= 11 is 0. The van der Waals surface area contributed by atoms with Crippen LogP contribution in [0.1, 0.15) is 44.9 Å². The Morgan fingerprint density at radius 2 is 1.50 bits per heavy atom. The number of methoxy groups -OCH3 is 1. The largest absolute Gasteiger partial charge is 0.493 e. The minimum absolute atomic E-state index is 0.133. The molecule has 2 aliphatic heterocycles. The van der Waals surface area contributed by atoms with Crippen LogP contribution < -0.4 is 15.0 Å². The number of carbonyl (C=O) groups excluding carboxylic acids is 2. The van der Waals surface area contributed by atoms with Crippen molar-refractivity contribution in [1.82, 2.24) is 19.4 Å². The molecule has 0 spiro atoms. The van der Waals surface area contributed by atoms with E-state index in [0.29, 0.717) is 58.9 Å². The summed E-state index contributed by atoms with van der Waals surface area (Å²) < 4.78 is 13.3. The van der Waals surface area contributed by atoms with E-state index in [4.69, 9.17) is 14.5 Å². The molecule has 3 heterocycles. The maximum Gasteiger partial charge on any atom is 0.261 e. The van der Waals surface area contributed by atoms with Crippen LogP contribution in [-0.4, -0.2) is 71.1 Å². The number of para-hydroxylation sites is 1. The minimum atomic E-state index is -0.319. The second kappa shape index (κ2) is 12.2. The van der Waals surface area contributed by atoms with Gasteiger partial charge in [0.05, 0.1) is 29.1 Å². The zero-order valence-corrected chi connectivity index (χ0v) is 23.8. The molecule has 9 heteroatoms. The average molecular weight is 567 g/mol. The normalized spacial score (nSPS) is 15.0. The number of aryl methyl sites for hydroxylation is 1. The van der Waals surface area contributed by atoms with Crippen molar-refractivity contribution in [3.05, 3.63) is 99.6 Å². The smallest absolute Gasteiger partial charge is 0.261 e. The number of aromatic nitrogens is 2. The summed E-state index contributed by atoms with van der Waals surface area (Å²) in [5, 5.41) is 0.529. The van der Waals surface area contributed by atoms with Gasteiger partial charge in [-0.25, -0.2) is 4.98 Å². The third-order valence-electron chi connectivity index (χ3n) is 8.09. The van der Waals surface area contributed by atoms with Crippen LogP contribution in [0.15, 0.2) is 71.5 Å². The van der Waals surface area contributed by atoms with E-state index in [1.54, 1.807) is 48.1 Å². The molecule has 0 saturated carbocycles. The van der Waals surface area contributed by atoms with Gasteiger partial charge in [0, 0.05) is 26.1 Å². The standard InChI is InChI=1S/C33H34N4O5/c1-41-29-22-23(12-13-28(29)42-21-20-35-16-6-7-17-35)14-18-36-30(34-27-11-5-4-10-26(27)33(36)40)15-19-37-31(38)24-8-2-3-9-25(24)32(37)39/h2-5,8-13,22H,6-7,14-21H2,1H3. The van der Waals surface area contributed by atoms with Gasteiger partial charge in [0.1, 0.15) is 12.4 Å². The van der Waals surface area contributed by atoms with Crippen LogP contribution in [0.25, 0.3) is 10.9 Å². The molecule has 0 aliphatic carbocycles. The van der Waals surface area contributed by atoms with Gasteiger partial charge >= 0.3 is 0 Å². The molecule has 2 amide bonds. The quantitative estimate of drug-likeness (QED) is 0.254. The van der Waals surface area contributed by atoms with Crippen molar-refractivity contribution in [1.29, 1.82) is 0 Å². The summed E-state index contributed by atoms with van der Waals surface area (Å²) in [5.41, 5.74) is 2.25. The van der Waals surface area contributed by atoms with Crippen molar-refractivity contribution in [2.24, 2.45) is 0 Å². The third kappa shape index (κ3) is 5.52. The highest BCUT2D eigenvalue weighted by Crippen LogP contribution is 2.29. The summed E-state index contributed by atoms with van der Waals surface area (Å²) in [5.74, 6) is 1.25. The molecule has 4 aromatic rings. The molecule has 1 saturated heterocycles. The van der Waals surface area contributed by atoms with Gasteiger partial charge < -0.3 is 9.47 Å². The molecular formula is C33H34N4O5. The molecule has 0 atom stereocenters. The summed E-state index contributed by atoms with van der Waals surface area (Å²) in [4.78, 5) is 47.9. The van der Waals surface area contributed by atoms with E-state index in [9.17, 15) is 14.4 Å². The first-order chi connectivity index (χ1) is 20.5. The highest BCUT2D eigenvalue weighted by molar-refractivity contribution is 6.21. The van der Waals surface area contributed by atoms with Crippen molar-refractivity contribution in [3.63, 3.8) is 0 Å². The first-order valence-corrected chi connectivity index (χ1v) is 14.5. The first-order valence-electron chi connectivity index (χ1n) is 14.5. The van der Waals surface area contributed by atoms with Crippen LogP contribution in [0.5, 0.6) is 11.5 Å². The van der Waals surface area contributed by atoms with Crippen molar-refractivity contribution in [2.75, 3.05) is 39.9 Å². The van der Waals surface area contributed by atoms with E-state index < -0.39 is 0 Å². The number of benzene rings is 3. The fourth-order valence-corrected chi connectivity index (χ4v) is 5.81. The van der Waals surface area contributed by atoms with Crippen LogP contribution in [0.3, 0.4) is 0 Å². The number of ether oxygens (including phenoxy) is 2. The zero-order valence-electron chi connectivity index (χ0n) is 23.8. The Morgan fingerprint density at radius 1 is 0.786 bits per heavy atom. The molecule has 216 valence electrons. The van der Waals surface area contributed by atoms with Gasteiger partial charge in [-0.3, -0.25) is 28.8 Å². The first kappa shape index (κ1) is 27.7. The second-order valence-corrected chi connectivity index (χ2v) is 10.7. The number of amides is 2. The lowest BCUT2D eigenvalue weighted by Crippen LogP contribution is -2.34. The predicted molar refractivity (Wildman–Crippen MR) is 159 cm³/mol. The van der Waals surface area contributed by atoms with Crippen LogP contribution in [0.4, 0.5) is 0 Å². The van der Waals surface area contributed by atoms with Gasteiger partial charge in [-0.1, -0.05) is 30.3 Å². The zero-order chi connectivity index (χ0) is 29.1. The number of hydrogen-bond donors (Lipinski definition) is 0. The molecule has 0 unspecified atom stereocenters. The van der Waals surface area contributed by atoms with Gasteiger partial charge in [0.15, 0.2) is 11.5 Å². The molecule has 0 bridgehead atoms. The number of hydrogen-bond acceptors (Lipinski definition) is 7. The number of rotatable bonds is 11. The number of imide groups is 1. The van der Waals surface area contributed by atoms with Gasteiger partial charge in [0.25, 0.3) is 17.4 Å². The molecule has 2 aliphatic rings. The van der Waals surface area contributed by atoms with Gasteiger partial charge in [-0.05, 0) is 74.3 Å². The Balaban J connectivity index is 1.19. The number of likely N-dealkylation sites (tertiary alicyclic amines) is 1. The lowest BCUT2D eigenvalue weighted by Gasteiger charge is -2.18. The maximum absolute atomic E-state index is 13.6. The van der Waals surface area contributed by atoms with Gasteiger partial charge in [-0.15, -0.1) is 0 Å². The minimum Gasteiger partial charge on any atom is -0.493 e. The second-order valence-electron chi connectivity index (χ2n) is 10.7. The van der Waals surface area contributed by atoms with E-state index in [1.165, 1.54) is 17.7 Å². The predicted octanol–water partition coefficient (Wildman–Crippen LogP) is 3.96. The van der Waals surface area contributed by atoms with Crippen molar-refractivity contribution in [2.45, 2.75) is 32.2 Å². The molecule has 1 aromatic heterocycles. The SMILES string of the molecule is COc1cc(CCn2c(CCN3C(=O)c4ccccc4C3=O)nc3ccccc3c2=O)ccc1OCCN1CCCC1. The fourth-order valence-electron chi connectivity index (χ4n) is 5.81. The lowest BCUT2D eigenvalue weighted by molar-refractivity contribution is 0.0655. The Morgan fingerprint density at radius 3 is 2.24 bits per heavy atom.